The van der Waals surface area contributed by atoms with Gasteiger partial charge in [-0.25, -0.2) is 0 Å². The van der Waals surface area contributed by atoms with E-state index in [2.05, 4.69) is 37.3 Å². The van der Waals surface area contributed by atoms with Crippen LogP contribution in [0.5, 0.6) is 0 Å². The van der Waals surface area contributed by atoms with E-state index in [0.717, 1.165) is 5.56 Å². The Kier molecular flexibility index (Phi) is 6.80. The van der Waals surface area contributed by atoms with Crippen molar-refractivity contribution < 1.29 is 14.7 Å². The molecule has 0 saturated heterocycles. The number of rotatable bonds is 6. The lowest BCUT2D eigenvalue weighted by Crippen LogP contribution is -2.43. The van der Waals surface area contributed by atoms with Gasteiger partial charge in [-0.3, -0.25) is 9.59 Å². The summed E-state index contributed by atoms with van der Waals surface area (Å²) >= 11 is 0. The van der Waals surface area contributed by atoms with Gasteiger partial charge in [0.2, 0.25) is 5.91 Å². The van der Waals surface area contributed by atoms with E-state index < -0.39 is 6.04 Å². The molecule has 0 fully saturated rings. The minimum Gasteiger partial charge on any atom is -0.394 e. The van der Waals surface area contributed by atoms with Crippen LogP contribution in [0.25, 0.3) is 0 Å². The van der Waals surface area contributed by atoms with Crippen LogP contribution >= 0.6 is 0 Å². The monoisotopic (exact) mass is 316 g/mol. The van der Waals surface area contributed by atoms with Crippen LogP contribution in [0.15, 0.2) is 24.3 Å². The highest BCUT2D eigenvalue weighted by molar-refractivity contribution is 5.96. The summed E-state index contributed by atoms with van der Waals surface area (Å²) in [6.45, 7) is 5.89. The first-order chi connectivity index (χ1) is 10.8. The molecule has 5 nitrogen and oxygen atoms in total. The molecule has 0 radical (unpaired) electrons. The van der Waals surface area contributed by atoms with E-state index >= 15 is 0 Å². The third-order valence-corrected chi connectivity index (χ3v) is 3.37. The Hall–Kier alpha value is -2.32. The number of aliphatic hydroxyl groups is 1. The molecule has 0 saturated carbocycles. The lowest BCUT2D eigenvalue weighted by Gasteiger charge is -2.19. The summed E-state index contributed by atoms with van der Waals surface area (Å²) in [5.74, 6) is 1.66. The van der Waals surface area contributed by atoms with Crippen molar-refractivity contribution in [3.63, 3.8) is 0 Å². The molecular formula is C18H24N2O3. The van der Waals surface area contributed by atoms with Crippen molar-refractivity contribution >= 4 is 11.8 Å². The molecule has 1 aromatic rings. The number of terminal acetylenes is 1. The van der Waals surface area contributed by atoms with Gasteiger partial charge in [0.25, 0.3) is 5.91 Å². The fourth-order valence-electron chi connectivity index (χ4n) is 1.97. The van der Waals surface area contributed by atoms with Crippen LogP contribution in [-0.2, 0) is 10.2 Å². The highest BCUT2D eigenvalue weighted by atomic mass is 16.3. The maximum absolute atomic E-state index is 12.0. The molecule has 0 aliphatic carbocycles. The molecule has 0 bridgehead atoms. The highest BCUT2D eigenvalue weighted by Gasteiger charge is 2.15. The summed E-state index contributed by atoms with van der Waals surface area (Å²) in [7, 11) is 0. The van der Waals surface area contributed by atoms with Gasteiger partial charge >= 0.3 is 0 Å². The van der Waals surface area contributed by atoms with Crippen molar-refractivity contribution in [3.8, 4) is 12.3 Å². The van der Waals surface area contributed by atoms with Crippen molar-refractivity contribution in [3.05, 3.63) is 35.4 Å². The molecule has 0 aliphatic rings. The fourth-order valence-corrected chi connectivity index (χ4v) is 1.97. The Morgan fingerprint density at radius 1 is 1.26 bits per heavy atom. The Morgan fingerprint density at radius 2 is 1.87 bits per heavy atom. The molecule has 2 amide bonds. The number of amides is 2. The fraction of sp³-hybridized carbons (Fsp3) is 0.444. The smallest absolute Gasteiger partial charge is 0.251 e. The Morgan fingerprint density at radius 3 is 2.35 bits per heavy atom. The van der Waals surface area contributed by atoms with E-state index in [4.69, 9.17) is 11.5 Å². The predicted molar refractivity (Wildman–Crippen MR) is 89.9 cm³/mol. The van der Waals surface area contributed by atoms with Gasteiger partial charge in [-0.05, 0) is 23.1 Å². The summed E-state index contributed by atoms with van der Waals surface area (Å²) in [5, 5.41) is 14.2. The lowest BCUT2D eigenvalue weighted by atomic mass is 9.87. The molecule has 124 valence electrons. The third-order valence-electron chi connectivity index (χ3n) is 3.37. The molecule has 23 heavy (non-hydrogen) atoms. The number of benzene rings is 1. The molecular weight excluding hydrogens is 292 g/mol. The maximum Gasteiger partial charge on any atom is 0.251 e. The second kappa shape index (κ2) is 8.35. The molecule has 0 aliphatic heterocycles. The number of aliphatic hydroxyl groups excluding tert-OH is 1. The average Bonchev–Trinajstić information content (AvgIpc) is 2.51. The van der Waals surface area contributed by atoms with Crippen LogP contribution < -0.4 is 10.6 Å². The minimum atomic E-state index is -0.490. The summed E-state index contributed by atoms with van der Waals surface area (Å²) < 4.78 is 0. The normalized spacial score (nSPS) is 12.1. The van der Waals surface area contributed by atoms with Crippen molar-refractivity contribution in [1.29, 1.82) is 0 Å². The Balaban J connectivity index is 2.54. The second-order valence-corrected chi connectivity index (χ2v) is 6.37. The van der Waals surface area contributed by atoms with E-state index in [0.29, 0.717) is 5.56 Å². The second-order valence-electron chi connectivity index (χ2n) is 6.37. The lowest BCUT2D eigenvalue weighted by molar-refractivity contribution is -0.121. The van der Waals surface area contributed by atoms with Gasteiger partial charge in [-0.15, -0.1) is 12.3 Å². The number of hydrogen-bond donors (Lipinski definition) is 3. The standard InChI is InChI=1S/C18H24N2O3/c1-5-6-15(12-21)20-16(22)11-19-17(23)13-7-9-14(10-8-13)18(2,3)4/h1,7-10,15,21H,6,11-12H2,2-4H3,(H,19,23)(H,20,22)/t15-/m0/s1. The molecule has 1 atom stereocenters. The van der Waals surface area contributed by atoms with Gasteiger partial charge in [-0.1, -0.05) is 32.9 Å². The maximum atomic E-state index is 12.0. The zero-order valence-corrected chi connectivity index (χ0v) is 13.8. The van der Waals surface area contributed by atoms with Gasteiger partial charge in [-0.2, -0.15) is 0 Å². The van der Waals surface area contributed by atoms with Gasteiger partial charge < -0.3 is 15.7 Å². The van der Waals surface area contributed by atoms with E-state index in [1.54, 1.807) is 12.1 Å². The van der Waals surface area contributed by atoms with Crippen LogP contribution in [0.3, 0.4) is 0 Å². The average molecular weight is 316 g/mol. The quantitative estimate of drug-likeness (QED) is 0.690. The van der Waals surface area contributed by atoms with Gasteiger partial charge in [0.15, 0.2) is 0 Å². The topological polar surface area (TPSA) is 78.4 Å². The number of nitrogens with one attached hydrogen (secondary N) is 2. The molecule has 1 rings (SSSR count). The summed E-state index contributed by atoms with van der Waals surface area (Å²) in [6.07, 6.45) is 5.38. The molecule has 1 aromatic carbocycles. The van der Waals surface area contributed by atoms with Gasteiger partial charge in [0, 0.05) is 12.0 Å². The van der Waals surface area contributed by atoms with Crippen molar-refractivity contribution in [1.82, 2.24) is 10.6 Å². The number of carbonyl (C=O) groups is 2. The van der Waals surface area contributed by atoms with Crippen LogP contribution in [0.1, 0.15) is 43.1 Å². The first-order valence-corrected chi connectivity index (χ1v) is 7.50. The van der Waals surface area contributed by atoms with Crippen LogP contribution in [0.2, 0.25) is 0 Å². The van der Waals surface area contributed by atoms with E-state index in [1.165, 1.54) is 0 Å². The molecule has 0 aromatic heterocycles. The molecule has 5 heteroatoms. The number of carbonyl (C=O) groups excluding carboxylic acids is 2. The zero-order chi connectivity index (χ0) is 17.5. The minimum absolute atomic E-state index is 0.0191. The van der Waals surface area contributed by atoms with Crippen molar-refractivity contribution in [2.75, 3.05) is 13.2 Å². The van der Waals surface area contributed by atoms with E-state index in [1.807, 2.05) is 12.1 Å². The molecule has 0 unspecified atom stereocenters. The van der Waals surface area contributed by atoms with Crippen LogP contribution in [0.4, 0.5) is 0 Å². The summed E-state index contributed by atoms with van der Waals surface area (Å²) in [5.41, 5.74) is 1.64. The molecule has 0 spiro atoms. The largest absolute Gasteiger partial charge is 0.394 e. The van der Waals surface area contributed by atoms with Crippen molar-refractivity contribution in [2.45, 2.75) is 38.6 Å². The Labute approximate surface area is 137 Å². The molecule has 0 heterocycles. The first kappa shape index (κ1) is 18.7. The summed E-state index contributed by atoms with van der Waals surface area (Å²) in [6, 6.07) is 6.80. The summed E-state index contributed by atoms with van der Waals surface area (Å²) in [4.78, 5) is 23.7. The molecule has 3 N–H and O–H groups in total. The van der Waals surface area contributed by atoms with E-state index in [9.17, 15) is 9.59 Å². The predicted octanol–water partition coefficient (Wildman–Crippen LogP) is 1.21. The first-order valence-electron chi connectivity index (χ1n) is 7.50. The van der Waals surface area contributed by atoms with Gasteiger partial charge in [0.05, 0.1) is 19.2 Å². The zero-order valence-electron chi connectivity index (χ0n) is 13.8. The van der Waals surface area contributed by atoms with E-state index in [-0.39, 0.29) is 36.8 Å². The number of hydrogen-bond acceptors (Lipinski definition) is 3. The van der Waals surface area contributed by atoms with Crippen LogP contribution in [-0.4, -0.2) is 36.1 Å². The highest BCUT2D eigenvalue weighted by Crippen LogP contribution is 2.22. The SMILES string of the molecule is C#CC[C@@H](CO)NC(=O)CNC(=O)c1ccc(C(C)(C)C)cc1. The Bertz CT molecular complexity index is 580. The van der Waals surface area contributed by atoms with Crippen LogP contribution in [0, 0.1) is 12.3 Å². The third kappa shape index (κ3) is 6.13. The van der Waals surface area contributed by atoms with Gasteiger partial charge in [0.1, 0.15) is 0 Å². The van der Waals surface area contributed by atoms with Crippen molar-refractivity contribution in [2.24, 2.45) is 0 Å².